The summed E-state index contributed by atoms with van der Waals surface area (Å²) in [6, 6.07) is 2.40. The first-order chi connectivity index (χ1) is 13.3. The number of aromatic nitrogens is 2. The van der Waals surface area contributed by atoms with Crippen LogP contribution in [0.2, 0.25) is 5.02 Å². The number of methoxy groups -OCH3 is 1. The van der Waals surface area contributed by atoms with Crippen LogP contribution in [0.5, 0.6) is 5.75 Å². The van der Waals surface area contributed by atoms with Crippen LogP contribution in [0.4, 0.5) is 13.2 Å². The topological polar surface area (TPSA) is 62.4 Å². The number of likely N-dealkylation sites (N-methyl/N-ethyl adjacent to an activating group) is 2. The van der Waals surface area contributed by atoms with Crippen molar-refractivity contribution in [2.75, 3.05) is 47.5 Å². The number of benzene rings is 1. The third-order valence-corrected chi connectivity index (χ3v) is 4.49. The quantitative estimate of drug-likeness (QED) is 0.577. The molecular formula is C18H24ClF3N4O2. The van der Waals surface area contributed by atoms with E-state index in [2.05, 4.69) is 15.5 Å². The minimum absolute atomic E-state index is 0.0689. The van der Waals surface area contributed by atoms with Crippen LogP contribution in [-0.2, 0) is 17.5 Å². The van der Waals surface area contributed by atoms with E-state index in [4.69, 9.17) is 21.1 Å². The number of hydrogen-bond acceptors (Lipinski definition) is 5. The summed E-state index contributed by atoms with van der Waals surface area (Å²) in [7, 11) is 5.24. The molecule has 2 rings (SSSR count). The molecule has 0 aliphatic rings. The predicted molar refractivity (Wildman–Crippen MR) is 102 cm³/mol. The van der Waals surface area contributed by atoms with E-state index >= 15 is 0 Å². The lowest BCUT2D eigenvalue weighted by atomic mass is 10.0. The molecule has 0 aliphatic heterocycles. The Morgan fingerprint density at radius 2 is 2.00 bits per heavy atom. The predicted octanol–water partition coefficient (Wildman–Crippen LogP) is 3.43. The molecule has 0 fully saturated rings. The summed E-state index contributed by atoms with van der Waals surface area (Å²) >= 11 is 6.14. The Hall–Kier alpha value is -1.81. The van der Waals surface area contributed by atoms with Gasteiger partial charge in [0.1, 0.15) is 12.4 Å². The van der Waals surface area contributed by atoms with Crippen LogP contribution in [0.15, 0.2) is 18.3 Å². The fraction of sp³-hybridized carbons (Fsp3) is 0.500. The standard InChI is InChI=1S/C18H24ClF3N4O2/c1-23-4-5-26(2)11-16-14(10-24-25-16)13-8-12(28-7-6-27-3)9-15(17(13)19)18(20,21)22/h8-10,23H,4-7,11H2,1-3H3,(H,24,25). The number of nitrogens with one attached hydrogen (secondary N) is 2. The van der Waals surface area contributed by atoms with Gasteiger partial charge >= 0.3 is 6.18 Å². The smallest absolute Gasteiger partial charge is 0.418 e. The van der Waals surface area contributed by atoms with Crippen molar-refractivity contribution in [3.05, 3.63) is 34.6 Å². The van der Waals surface area contributed by atoms with Gasteiger partial charge in [0, 0.05) is 44.1 Å². The number of aromatic amines is 1. The molecule has 0 atom stereocenters. The average molecular weight is 421 g/mol. The maximum Gasteiger partial charge on any atom is 0.418 e. The molecular weight excluding hydrogens is 397 g/mol. The fourth-order valence-electron chi connectivity index (χ4n) is 2.64. The van der Waals surface area contributed by atoms with E-state index in [-0.39, 0.29) is 29.5 Å². The highest BCUT2D eigenvalue weighted by Gasteiger charge is 2.35. The molecule has 0 aliphatic carbocycles. The van der Waals surface area contributed by atoms with E-state index in [0.717, 1.165) is 19.2 Å². The van der Waals surface area contributed by atoms with Gasteiger partial charge in [0.2, 0.25) is 0 Å². The Balaban J connectivity index is 2.41. The maximum atomic E-state index is 13.5. The molecule has 0 amide bonds. The number of H-pyrrole nitrogens is 1. The van der Waals surface area contributed by atoms with Crippen molar-refractivity contribution < 1.29 is 22.6 Å². The van der Waals surface area contributed by atoms with Crippen LogP contribution in [0.1, 0.15) is 11.3 Å². The van der Waals surface area contributed by atoms with Crippen LogP contribution < -0.4 is 10.1 Å². The van der Waals surface area contributed by atoms with E-state index in [1.165, 1.54) is 13.2 Å². The Labute approximate surface area is 167 Å². The average Bonchev–Trinajstić information content (AvgIpc) is 3.08. The molecule has 28 heavy (non-hydrogen) atoms. The second-order valence-corrected chi connectivity index (χ2v) is 6.64. The second-order valence-electron chi connectivity index (χ2n) is 6.26. The first kappa shape index (κ1) is 22.5. The highest BCUT2D eigenvalue weighted by molar-refractivity contribution is 6.34. The van der Waals surface area contributed by atoms with E-state index in [0.29, 0.717) is 17.8 Å². The van der Waals surface area contributed by atoms with Crippen molar-refractivity contribution in [2.24, 2.45) is 0 Å². The van der Waals surface area contributed by atoms with Gasteiger partial charge in [-0.2, -0.15) is 18.3 Å². The molecule has 0 bridgehead atoms. The molecule has 2 aromatic rings. The monoisotopic (exact) mass is 420 g/mol. The lowest BCUT2D eigenvalue weighted by Crippen LogP contribution is -2.27. The summed E-state index contributed by atoms with van der Waals surface area (Å²) in [6.07, 6.45) is -3.07. The van der Waals surface area contributed by atoms with Crippen molar-refractivity contribution in [3.8, 4) is 16.9 Å². The minimum atomic E-state index is -4.61. The Morgan fingerprint density at radius 3 is 2.64 bits per heavy atom. The maximum absolute atomic E-state index is 13.5. The fourth-order valence-corrected chi connectivity index (χ4v) is 2.95. The van der Waals surface area contributed by atoms with Crippen LogP contribution in [0.25, 0.3) is 11.1 Å². The van der Waals surface area contributed by atoms with Gasteiger partial charge in [-0.15, -0.1) is 0 Å². The number of nitrogens with zero attached hydrogens (tertiary/aromatic N) is 2. The SMILES string of the molecule is CNCCN(C)Cc1n[nH]cc1-c1cc(OCCOC)cc(C(F)(F)F)c1Cl. The first-order valence-electron chi connectivity index (χ1n) is 8.66. The van der Waals surface area contributed by atoms with Gasteiger partial charge in [0.25, 0.3) is 0 Å². The molecule has 0 saturated carbocycles. The number of rotatable bonds is 10. The van der Waals surface area contributed by atoms with Gasteiger partial charge in [0.15, 0.2) is 0 Å². The van der Waals surface area contributed by atoms with Crippen LogP contribution in [-0.4, -0.2) is 62.6 Å². The van der Waals surface area contributed by atoms with Crippen LogP contribution in [0.3, 0.4) is 0 Å². The molecule has 0 unspecified atom stereocenters. The Kier molecular flexibility index (Phi) is 8.11. The summed E-state index contributed by atoms with van der Waals surface area (Å²) < 4.78 is 50.8. The van der Waals surface area contributed by atoms with Gasteiger partial charge in [-0.1, -0.05) is 11.6 Å². The van der Waals surface area contributed by atoms with Gasteiger partial charge < -0.3 is 14.8 Å². The zero-order valence-electron chi connectivity index (χ0n) is 16.0. The summed E-state index contributed by atoms with van der Waals surface area (Å²) in [5.41, 5.74) is 0.371. The van der Waals surface area contributed by atoms with Crippen LogP contribution >= 0.6 is 11.6 Å². The third kappa shape index (κ3) is 5.84. The second kappa shape index (κ2) is 10.1. The molecule has 156 valence electrons. The summed E-state index contributed by atoms with van der Waals surface area (Å²) in [5, 5.41) is 9.58. The van der Waals surface area contributed by atoms with E-state index in [9.17, 15) is 13.2 Å². The molecule has 6 nitrogen and oxygen atoms in total. The first-order valence-corrected chi connectivity index (χ1v) is 9.04. The van der Waals surface area contributed by atoms with Crippen molar-refractivity contribution in [3.63, 3.8) is 0 Å². The molecule has 1 aromatic heterocycles. The highest BCUT2D eigenvalue weighted by Crippen LogP contribution is 2.43. The molecule has 0 saturated heterocycles. The summed E-state index contributed by atoms with van der Waals surface area (Å²) in [4.78, 5) is 2.01. The normalized spacial score (nSPS) is 12.0. The number of ether oxygens (including phenoxy) is 2. The minimum Gasteiger partial charge on any atom is -0.491 e. The molecule has 1 aromatic carbocycles. The van der Waals surface area contributed by atoms with E-state index < -0.39 is 11.7 Å². The lowest BCUT2D eigenvalue weighted by Gasteiger charge is -2.18. The van der Waals surface area contributed by atoms with Gasteiger partial charge in [0.05, 0.1) is 22.9 Å². The third-order valence-electron chi connectivity index (χ3n) is 4.08. The van der Waals surface area contributed by atoms with Gasteiger partial charge in [-0.3, -0.25) is 10.00 Å². The Bertz CT molecular complexity index is 768. The van der Waals surface area contributed by atoms with Crippen molar-refractivity contribution >= 4 is 11.6 Å². The zero-order chi connectivity index (χ0) is 20.7. The molecule has 10 heteroatoms. The number of halogens is 4. The van der Waals surface area contributed by atoms with Crippen molar-refractivity contribution in [1.82, 2.24) is 20.4 Å². The van der Waals surface area contributed by atoms with Crippen molar-refractivity contribution in [2.45, 2.75) is 12.7 Å². The molecule has 0 spiro atoms. The largest absolute Gasteiger partial charge is 0.491 e. The van der Waals surface area contributed by atoms with Crippen molar-refractivity contribution in [1.29, 1.82) is 0 Å². The zero-order valence-corrected chi connectivity index (χ0v) is 16.7. The molecule has 0 radical (unpaired) electrons. The van der Waals surface area contributed by atoms with E-state index in [1.54, 1.807) is 6.20 Å². The lowest BCUT2D eigenvalue weighted by molar-refractivity contribution is -0.137. The molecule has 2 N–H and O–H groups in total. The van der Waals surface area contributed by atoms with E-state index in [1.807, 2.05) is 19.0 Å². The molecule has 1 heterocycles. The summed E-state index contributed by atoms with van der Waals surface area (Å²) in [5.74, 6) is 0.0689. The number of alkyl halides is 3. The van der Waals surface area contributed by atoms with Gasteiger partial charge in [-0.25, -0.2) is 0 Å². The highest BCUT2D eigenvalue weighted by atomic mass is 35.5. The Morgan fingerprint density at radius 1 is 1.25 bits per heavy atom. The van der Waals surface area contributed by atoms with Gasteiger partial charge in [-0.05, 0) is 26.2 Å². The summed E-state index contributed by atoms with van der Waals surface area (Å²) in [6.45, 7) is 2.36. The number of hydrogen-bond donors (Lipinski definition) is 2. The van der Waals surface area contributed by atoms with Crippen LogP contribution in [0, 0.1) is 0 Å².